The van der Waals surface area contributed by atoms with Crippen LogP contribution in [0.2, 0.25) is 0 Å². The number of rotatable bonds is 6. The van der Waals surface area contributed by atoms with Crippen LogP contribution < -0.4 is 5.73 Å². The van der Waals surface area contributed by atoms with Gasteiger partial charge in [0.25, 0.3) is 0 Å². The molecule has 0 bridgehead atoms. The van der Waals surface area contributed by atoms with E-state index in [1.54, 1.807) is 4.90 Å². The number of imidazole rings is 1. The largest absolute Gasteiger partial charge is 0.346 e. The lowest BCUT2D eigenvalue weighted by Crippen LogP contribution is -2.29. The third-order valence-corrected chi connectivity index (χ3v) is 3.52. The number of hydrogen-bond donors (Lipinski definition) is 1. The van der Waals surface area contributed by atoms with Crippen molar-refractivity contribution >= 4 is 16.9 Å². The van der Waals surface area contributed by atoms with Crippen molar-refractivity contribution in [3.8, 4) is 0 Å². The summed E-state index contributed by atoms with van der Waals surface area (Å²) in [6, 6.07) is 8.01. The Morgan fingerprint density at radius 3 is 2.90 bits per heavy atom. The molecule has 1 aromatic carbocycles. The lowest BCUT2D eigenvalue weighted by Gasteiger charge is -2.17. The van der Waals surface area contributed by atoms with Gasteiger partial charge in [-0.2, -0.15) is 0 Å². The lowest BCUT2D eigenvalue weighted by molar-refractivity contribution is -0.130. The van der Waals surface area contributed by atoms with Crippen LogP contribution in [0.5, 0.6) is 0 Å². The Balaban J connectivity index is 2.02. The molecule has 0 aliphatic carbocycles. The number of nitrogens with zero attached hydrogens (tertiary/aromatic N) is 3. The van der Waals surface area contributed by atoms with Crippen LogP contribution >= 0.6 is 0 Å². The molecule has 5 heteroatoms. The number of benzene rings is 1. The number of amides is 1. The molecular weight excluding hydrogens is 252 g/mol. The summed E-state index contributed by atoms with van der Waals surface area (Å²) in [5.74, 6) is 1.10. The molecule has 5 nitrogen and oxygen atoms in total. The van der Waals surface area contributed by atoms with Gasteiger partial charge in [0.1, 0.15) is 5.82 Å². The fraction of sp³-hybridized carbons (Fsp3) is 0.467. The molecular formula is C15H22N4O. The van der Waals surface area contributed by atoms with E-state index in [-0.39, 0.29) is 5.91 Å². The maximum absolute atomic E-state index is 12.0. The van der Waals surface area contributed by atoms with Gasteiger partial charge >= 0.3 is 0 Å². The second-order valence-corrected chi connectivity index (χ2v) is 5.01. The highest BCUT2D eigenvalue weighted by molar-refractivity contribution is 5.77. The zero-order valence-electron chi connectivity index (χ0n) is 12.2. The number of aromatic nitrogens is 2. The minimum atomic E-state index is 0.149. The van der Waals surface area contributed by atoms with Gasteiger partial charge in [0, 0.05) is 26.6 Å². The molecule has 108 valence electrons. The molecule has 0 unspecified atom stereocenters. The topological polar surface area (TPSA) is 64.2 Å². The molecule has 0 atom stereocenters. The van der Waals surface area contributed by atoms with Crippen molar-refractivity contribution in [3.63, 3.8) is 0 Å². The fourth-order valence-electron chi connectivity index (χ4n) is 2.33. The summed E-state index contributed by atoms with van der Waals surface area (Å²) < 4.78 is 2.10. The molecule has 2 rings (SSSR count). The minimum Gasteiger partial charge on any atom is -0.346 e. The van der Waals surface area contributed by atoms with Gasteiger partial charge < -0.3 is 15.2 Å². The quantitative estimate of drug-likeness (QED) is 0.869. The number of aryl methyl sites for hydroxylation is 2. The summed E-state index contributed by atoms with van der Waals surface area (Å²) in [4.78, 5) is 18.3. The smallest absolute Gasteiger partial charge is 0.224 e. The highest BCUT2D eigenvalue weighted by atomic mass is 16.2. The van der Waals surface area contributed by atoms with Crippen molar-refractivity contribution < 1.29 is 4.79 Å². The Labute approximate surface area is 119 Å². The van der Waals surface area contributed by atoms with Gasteiger partial charge in [0.2, 0.25) is 5.91 Å². The Kier molecular flexibility index (Phi) is 4.74. The molecule has 0 saturated carbocycles. The lowest BCUT2D eigenvalue weighted by atomic mass is 10.3. The summed E-state index contributed by atoms with van der Waals surface area (Å²) in [5.41, 5.74) is 7.53. The molecule has 1 aromatic heterocycles. The van der Waals surface area contributed by atoms with Gasteiger partial charge in [-0.25, -0.2) is 4.98 Å². The van der Waals surface area contributed by atoms with Crippen LogP contribution in [0.25, 0.3) is 11.0 Å². The molecule has 0 aliphatic heterocycles. The Morgan fingerprint density at radius 1 is 1.40 bits per heavy atom. The third-order valence-electron chi connectivity index (χ3n) is 3.52. The zero-order chi connectivity index (χ0) is 14.5. The molecule has 1 heterocycles. The average molecular weight is 274 g/mol. The number of fused-ring (bicyclic) bond motifs is 1. The van der Waals surface area contributed by atoms with Gasteiger partial charge in [-0.15, -0.1) is 0 Å². The van der Waals surface area contributed by atoms with E-state index in [4.69, 9.17) is 5.73 Å². The highest BCUT2D eigenvalue weighted by Crippen LogP contribution is 2.15. The monoisotopic (exact) mass is 274 g/mol. The van der Waals surface area contributed by atoms with Crippen LogP contribution in [-0.2, 0) is 11.3 Å². The maximum Gasteiger partial charge on any atom is 0.224 e. The van der Waals surface area contributed by atoms with Gasteiger partial charge in [-0.3, -0.25) is 4.79 Å². The second kappa shape index (κ2) is 6.52. The van der Waals surface area contributed by atoms with Gasteiger partial charge in [0.15, 0.2) is 0 Å². The molecule has 2 aromatic rings. The summed E-state index contributed by atoms with van der Waals surface area (Å²) in [7, 11) is 1.83. The molecule has 0 fully saturated rings. The van der Waals surface area contributed by atoms with Crippen LogP contribution in [0.15, 0.2) is 24.3 Å². The zero-order valence-corrected chi connectivity index (χ0v) is 12.2. The minimum absolute atomic E-state index is 0.149. The first-order valence-electron chi connectivity index (χ1n) is 6.99. The first-order valence-corrected chi connectivity index (χ1v) is 6.99. The fourth-order valence-corrected chi connectivity index (χ4v) is 2.33. The SMILES string of the molecule is Cc1nc2ccccc2n1CCC(=O)N(C)CCCN. The maximum atomic E-state index is 12.0. The standard InChI is InChI=1S/C15H22N4O/c1-12-17-13-6-3-4-7-14(13)19(12)11-8-15(20)18(2)10-5-9-16/h3-4,6-7H,5,8-11,16H2,1-2H3. The summed E-state index contributed by atoms with van der Waals surface area (Å²) >= 11 is 0. The summed E-state index contributed by atoms with van der Waals surface area (Å²) in [5, 5.41) is 0. The molecule has 0 spiro atoms. The van der Waals surface area contributed by atoms with Gasteiger partial charge in [-0.05, 0) is 32.0 Å². The Hall–Kier alpha value is -1.88. The number of para-hydroxylation sites is 2. The highest BCUT2D eigenvalue weighted by Gasteiger charge is 2.11. The third kappa shape index (κ3) is 3.17. The predicted molar refractivity (Wildman–Crippen MR) is 80.4 cm³/mol. The van der Waals surface area contributed by atoms with E-state index in [1.165, 1.54) is 0 Å². The number of nitrogens with two attached hydrogens (primary N) is 1. The van der Waals surface area contributed by atoms with Crippen molar-refractivity contribution in [1.29, 1.82) is 0 Å². The molecule has 1 amide bonds. The van der Waals surface area contributed by atoms with Crippen LogP contribution in [0.4, 0.5) is 0 Å². The van der Waals surface area contributed by atoms with E-state index in [1.807, 2.05) is 38.2 Å². The molecule has 20 heavy (non-hydrogen) atoms. The Bertz CT molecular complexity index is 591. The number of carbonyl (C=O) groups is 1. The van der Waals surface area contributed by atoms with Gasteiger partial charge in [0.05, 0.1) is 11.0 Å². The van der Waals surface area contributed by atoms with Crippen molar-refractivity contribution in [2.24, 2.45) is 5.73 Å². The average Bonchev–Trinajstić information content (AvgIpc) is 2.77. The van der Waals surface area contributed by atoms with Crippen LogP contribution in [0.3, 0.4) is 0 Å². The van der Waals surface area contributed by atoms with Crippen molar-refractivity contribution in [3.05, 3.63) is 30.1 Å². The van der Waals surface area contributed by atoms with Crippen LogP contribution in [0.1, 0.15) is 18.7 Å². The van der Waals surface area contributed by atoms with Crippen molar-refractivity contribution in [2.75, 3.05) is 20.1 Å². The molecule has 0 aliphatic rings. The number of carbonyl (C=O) groups excluding carboxylic acids is 1. The van der Waals surface area contributed by atoms with E-state index < -0.39 is 0 Å². The summed E-state index contributed by atoms with van der Waals surface area (Å²) in [6.07, 6.45) is 1.33. The van der Waals surface area contributed by atoms with Crippen molar-refractivity contribution in [1.82, 2.24) is 14.5 Å². The van der Waals surface area contributed by atoms with E-state index >= 15 is 0 Å². The van der Waals surface area contributed by atoms with E-state index in [0.29, 0.717) is 19.5 Å². The first-order chi connectivity index (χ1) is 9.63. The molecule has 0 radical (unpaired) electrons. The number of hydrogen-bond acceptors (Lipinski definition) is 3. The predicted octanol–water partition coefficient (Wildman–Crippen LogP) is 1.54. The van der Waals surface area contributed by atoms with Gasteiger partial charge in [-0.1, -0.05) is 12.1 Å². The van der Waals surface area contributed by atoms with Crippen molar-refractivity contribution in [2.45, 2.75) is 26.3 Å². The molecule has 0 saturated heterocycles. The van der Waals surface area contributed by atoms with E-state index in [0.717, 1.165) is 29.8 Å². The normalized spacial score (nSPS) is 10.9. The summed E-state index contributed by atoms with van der Waals surface area (Å²) in [6.45, 7) is 3.97. The van der Waals surface area contributed by atoms with E-state index in [9.17, 15) is 4.79 Å². The second-order valence-electron chi connectivity index (χ2n) is 5.01. The Morgan fingerprint density at radius 2 is 2.15 bits per heavy atom. The van der Waals surface area contributed by atoms with E-state index in [2.05, 4.69) is 9.55 Å². The first kappa shape index (κ1) is 14.5. The molecule has 2 N–H and O–H groups in total. The van der Waals surface area contributed by atoms with Crippen LogP contribution in [-0.4, -0.2) is 40.5 Å². The van der Waals surface area contributed by atoms with Crippen LogP contribution in [0, 0.1) is 6.92 Å².